The first-order chi connectivity index (χ1) is 14.2. The van der Waals surface area contributed by atoms with Gasteiger partial charge in [0.1, 0.15) is 18.4 Å². The largest absolute Gasteiger partial charge is 0.371 e. The normalized spacial score (nSPS) is 13.9. The van der Waals surface area contributed by atoms with Crippen molar-refractivity contribution in [2.24, 2.45) is 0 Å². The zero-order chi connectivity index (χ0) is 20.5. The molecule has 0 saturated carbocycles. The molecule has 1 aliphatic rings. The summed E-state index contributed by atoms with van der Waals surface area (Å²) < 4.78 is 12.1. The van der Waals surface area contributed by atoms with Crippen LogP contribution in [0.3, 0.4) is 0 Å². The molecule has 4 heteroatoms. The minimum atomic E-state index is -0.319. The van der Waals surface area contributed by atoms with Crippen molar-refractivity contribution < 1.29 is 14.0 Å². The van der Waals surface area contributed by atoms with Gasteiger partial charge in [-0.05, 0) is 72.9 Å². The molecular weight excluding hydrogens is 365 g/mol. The van der Waals surface area contributed by atoms with Crippen molar-refractivity contribution in [1.29, 1.82) is 0 Å². The van der Waals surface area contributed by atoms with E-state index in [2.05, 4.69) is 35.2 Å². The second kappa shape index (κ2) is 10.3. The number of hydrogen-bond acceptors (Lipinski definition) is 3. The van der Waals surface area contributed by atoms with E-state index in [0.717, 1.165) is 24.9 Å². The Morgan fingerprint density at radius 3 is 1.76 bits per heavy atom. The Morgan fingerprint density at radius 1 is 0.724 bits per heavy atom. The summed E-state index contributed by atoms with van der Waals surface area (Å²) in [4.78, 5) is 23.1. The molecule has 29 heavy (non-hydrogen) atoms. The predicted octanol–water partition coefficient (Wildman–Crippen LogP) is 5.52. The average Bonchev–Trinajstić information content (AvgIpc) is 2.81. The third-order valence-electron chi connectivity index (χ3n) is 5.17. The van der Waals surface area contributed by atoms with Gasteiger partial charge < -0.3 is 4.90 Å². The van der Waals surface area contributed by atoms with Gasteiger partial charge in [0.15, 0.2) is 0 Å². The number of nitrogens with zero attached hydrogens (tertiary/aromatic N) is 1. The SMILES string of the molecule is O=Cc1ccc(F)cc1.O=Cc1ccc(N2CCC(c3ccccc3)CC2)cc1. The number of benzene rings is 3. The standard InChI is InChI=1S/C18H19NO.C7H5FO/c20-14-15-6-8-18(9-7-15)19-12-10-17(11-13-19)16-4-2-1-3-5-16;8-7-3-1-6(5-9)2-4-7/h1-9,14,17H,10-13H2;1-5H. The molecule has 0 radical (unpaired) electrons. The summed E-state index contributed by atoms with van der Waals surface area (Å²) >= 11 is 0. The monoisotopic (exact) mass is 389 g/mol. The quantitative estimate of drug-likeness (QED) is 0.551. The molecule has 4 rings (SSSR count). The van der Waals surface area contributed by atoms with Crippen LogP contribution in [0.4, 0.5) is 10.1 Å². The topological polar surface area (TPSA) is 37.4 Å². The smallest absolute Gasteiger partial charge is 0.150 e. The summed E-state index contributed by atoms with van der Waals surface area (Å²) in [6, 6.07) is 24.1. The highest BCUT2D eigenvalue weighted by atomic mass is 19.1. The van der Waals surface area contributed by atoms with Crippen molar-refractivity contribution in [3.05, 3.63) is 101 Å². The minimum absolute atomic E-state index is 0.319. The Labute approximate surface area is 170 Å². The second-order valence-electron chi connectivity index (χ2n) is 7.05. The number of anilines is 1. The van der Waals surface area contributed by atoms with Crippen molar-refractivity contribution in [3.63, 3.8) is 0 Å². The summed E-state index contributed by atoms with van der Waals surface area (Å²) in [7, 11) is 0. The van der Waals surface area contributed by atoms with E-state index in [1.54, 1.807) is 0 Å². The molecule has 0 N–H and O–H groups in total. The summed E-state index contributed by atoms with van der Waals surface area (Å²) in [5.41, 5.74) is 3.93. The van der Waals surface area contributed by atoms with Crippen LogP contribution in [-0.2, 0) is 0 Å². The molecule has 3 nitrogen and oxygen atoms in total. The number of piperidine rings is 1. The molecule has 1 saturated heterocycles. The van der Waals surface area contributed by atoms with Gasteiger partial charge in [0.2, 0.25) is 0 Å². The molecule has 148 valence electrons. The van der Waals surface area contributed by atoms with Gasteiger partial charge in [0, 0.05) is 29.9 Å². The van der Waals surface area contributed by atoms with Crippen molar-refractivity contribution in [2.75, 3.05) is 18.0 Å². The van der Waals surface area contributed by atoms with Gasteiger partial charge in [0.05, 0.1) is 0 Å². The molecule has 0 aromatic heterocycles. The number of rotatable bonds is 4. The van der Waals surface area contributed by atoms with Crippen LogP contribution in [0.2, 0.25) is 0 Å². The van der Waals surface area contributed by atoms with E-state index in [4.69, 9.17) is 0 Å². The summed E-state index contributed by atoms with van der Waals surface area (Å²) in [5, 5.41) is 0. The Bertz CT molecular complexity index is 900. The summed E-state index contributed by atoms with van der Waals surface area (Å²) in [6.07, 6.45) is 3.96. The molecule has 0 bridgehead atoms. The van der Waals surface area contributed by atoms with Gasteiger partial charge in [-0.3, -0.25) is 9.59 Å². The summed E-state index contributed by atoms with van der Waals surface area (Å²) in [6.45, 7) is 2.17. The molecule has 0 aliphatic carbocycles. The van der Waals surface area contributed by atoms with Gasteiger partial charge in [-0.25, -0.2) is 4.39 Å². The highest BCUT2D eigenvalue weighted by molar-refractivity contribution is 5.75. The van der Waals surface area contributed by atoms with E-state index >= 15 is 0 Å². The Hall–Kier alpha value is -3.27. The minimum Gasteiger partial charge on any atom is -0.371 e. The molecule has 0 spiro atoms. The van der Waals surface area contributed by atoms with E-state index < -0.39 is 0 Å². The fourth-order valence-corrected chi connectivity index (χ4v) is 3.50. The Morgan fingerprint density at radius 2 is 1.24 bits per heavy atom. The molecule has 3 aromatic carbocycles. The first-order valence-corrected chi connectivity index (χ1v) is 9.75. The lowest BCUT2D eigenvalue weighted by atomic mass is 9.89. The molecule has 1 heterocycles. The average molecular weight is 389 g/mol. The van der Waals surface area contributed by atoms with Crippen LogP contribution in [0.1, 0.15) is 45.0 Å². The van der Waals surface area contributed by atoms with Crippen LogP contribution in [0.15, 0.2) is 78.9 Å². The number of hydrogen-bond donors (Lipinski definition) is 0. The van der Waals surface area contributed by atoms with Gasteiger partial charge >= 0.3 is 0 Å². The maximum Gasteiger partial charge on any atom is 0.150 e. The second-order valence-corrected chi connectivity index (χ2v) is 7.05. The van der Waals surface area contributed by atoms with E-state index in [0.29, 0.717) is 17.8 Å². The molecule has 3 aromatic rings. The number of aldehydes is 2. The Kier molecular flexibility index (Phi) is 7.28. The van der Waals surface area contributed by atoms with Crippen molar-refractivity contribution in [1.82, 2.24) is 0 Å². The van der Waals surface area contributed by atoms with Crippen molar-refractivity contribution in [2.45, 2.75) is 18.8 Å². The molecule has 1 fully saturated rings. The van der Waals surface area contributed by atoms with Crippen LogP contribution in [0, 0.1) is 5.82 Å². The summed E-state index contributed by atoms with van der Waals surface area (Å²) in [5.74, 6) is 0.363. The fraction of sp³-hybridized carbons (Fsp3) is 0.200. The third-order valence-corrected chi connectivity index (χ3v) is 5.17. The molecule has 0 unspecified atom stereocenters. The van der Waals surface area contributed by atoms with Crippen molar-refractivity contribution in [3.8, 4) is 0 Å². The van der Waals surface area contributed by atoms with Crippen LogP contribution >= 0.6 is 0 Å². The first-order valence-electron chi connectivity index (χ1n) is 9.75. The van der Waals surface area contributed by atoms with Crippen molar-refractivity contribution >= 4 is 18.3 Å². The molecule has 0 atom stereocenters. The van der Waals surface area contributed by atoms with Gasteiger partial charge in [0.25, 0.3) is 0 Å². The van der Waals surface area contributed by atoms with Crippen LogP contribution in [0.5, 0.6) is 0 Å². The van der Waals surface area contributed by atoms with Crippen LogP contribution in [0.25, 0.3) is 0 Å². The van der Waals surface area contributed by atoms with E-state index in [1.165, 1.54) is 48.4 Å². The number of halogens is 1. The van der Waals surface area contributed by atoms with E-state index in [9.17, 15) is 14.0 Å². The molecule has 0 amide bonds. The predicted molar refractivity (Wildman–Crippen MR) is 114 cm³/mol. The van der Waals surface area contributed by atoms with Crippen LogP contribution in [-0.4, -0.2) is 25.7 Å². The van der Waals surface area contributed by atoms with Gasteiger partial charge in [-0.2, -0.15) is 0 Å². The third kappa shape index (κ3) is 5.85. The van der Waals surface area contributed by atoms with Crippen LogP contribution < -0.4 is 4.90 Å². The Balaban J connectivity index is 0.000000224. The molecule has 1 aliphatic heterocycles. The first kappa shape index (κ1) is 20.5. The van der Waals surface area contributed by atoms with E-state index in [1.807, 2.05) is 24.3 Å². The zero-order valence-corrected chi connectivity index (χ0v) is 16.2. The zero-order valence-electron chi connectivity index (χ0n) is 16.2. The van der Waals surface area contributed by atoms with Gasteiger partial charge in [-0.1, -0.05) is 30.3 Å². The van der Waals surface area contributed by atoms with E-state index in [-0.39, 0.29) is 5.82 Å². The fourth-order valence-electron chi connectivity index (χ4n) is 3.50. The van der Waals surface area contributed by atoms with Gasteiger partial charge in [-0.15, -0.1) is 0 Å². The lowest BCUT2D eigenvalue weighted by molar-refractivity contribution is 0.111. The highest BCUT2D eigenvalue weighted by Gasteiger charge is 2.20. The number of carbonyl (C=O) groups excluding carboxylic acids is 2. The maximum atomic E-state index is 12.1. The number of carbonyl (C=O) groups is 2. The lowest BCUT2D eigenvalue weighted by Gasteiger charge is -2.34. The highest BCUT2D eigenvalue weighted by Crippen LogP contribution is 2.30. The maximum absolute atomic E-state index is 12.1. The molecular formula is C25H24FNO2. The lowest BCUT2D eigenvalue weighted by Crippen LogP contribution is -2.32.